The van der Waals surface area contributed by atoms with Gasteiger partial charge in [-0.1, -0.05) is 48.5 Å². The maximum absolute atomic E-state index is 13.5. The van der Waals surface area contributed by atoms with E-state index in [-0.39, 0.29) is 18.4 Å². The van der Waals surface area contributed by atoms with E-state index in [1.54, 1.807) is 30.3 Å². The number of anilines is 1. The Bertz CT molecular complexity index is 1130. The van der Waals surface area contributed by atoms with E-state index in [9.17, 15) is 14.7 Å². The summed E-state index contributed by atoms with van der Waals surface area (Å²) in [5.74, 6) is 0.312. The first-order chi connectivity index (χ1) is 14.7. The topological polar surface area (TPSA) is 66.8 Å². The Hall–Kier alpha value is -3.09. The predicted octanol–water partition coefficient (Wildman–Crippen LogP) is 4.25. The first kappa shape index (κ1) is 20.2. The van der Waals surface area contributed by atoms with E-state index in [0.717, 1.165) is 10.8 Å². The smallest absolute Gasteiger partial charge is 0.272 e. The molecule has 0 fully saturated rings. The molecule has 0 spiro atoms. The molecule has 0 atom stereocenters. The second-order valence-electron chi connectivity index (χ2n) is 6.68. The third-order valence-electron chi connectivity index (χ3n) is 4.84. The summed E-state index contributed by atoms with van der Waals surface area (Å²) >= 11 is 1.20. The van der Waals surface area contributed by atoms with Gasteiger partial charge in [-0.2, -0.15) is 0 Å². The van der Waals surface area contributed by atoms with Crippen LogP contribution in [-0.2, 0) is 9.59 Å². The maximum atomic E-state index is 13.5. The molecule has 0 saturated carbocycles. The van der Waals surface area contributed by atoms with E-state index in [1.165, 1.54) is 16.7 Å². The lowest BCUT2D eigenvalue weighted by atomic mass is 10.1. The van der Waals surface area contributed by atoms with Crippen molar-refractivity contribution in [2.45, 2.75) is 6.92 Å². The molecule has 1 aliphatic heterocycles. The highest BCUT2D eigenvalue weighted by Crippen LogP contribution is 2.40. The Morgan fingerprint density at radius 3 is 2.40 bits per heavy atom. The van der Waals surface area contributed by atoms with Crippen LogP contribution < -0.4 is 9.64 Å². The van der Waals surface area contributed by atoms with E-state index in [2.05, 4.69) is 0 Å². The molecule has 0 bridgehead atoms. The molecule has 152 valence electrons. The van der Waals surface area contributed by atoms with Crippen LogP contribution in [0.4, 0.5) is 5.69 Å². The number of ether oxygens (including phenoxy) is 1. The minimum absolute atomic E-state index is 0.0829. The second kappa shape index (κ2) is 8.73. The van der Waals surface area contributed by atoms with Gasteiger partial charge in [0.15, 0.2) is 0 Å². The number of hydrogen-bond donors (Lipinski definition) is 1. The SMILES string of the molecule is CCOc1ccc(C2=C(SCCO)C(=O)N(c3cccc4ccccc34)C2=O)cc1. The number of aliphatic hydroxyl groups excluding tert-OH is 1. The van der Waals surface area contributed by atoms with Crippen LogP contribution in [0, 0.1) is 0 Å². The van der Waals surface area contributed by atoms with Crippen molar-refractivity contribution in [2.24, 2.45) is 0 Å². The van der Waals surface area contributed by atoms with Crippen LogP contribution in [0.5, 0.6) is 5.75 Å². The van der Waals surface area contributed by atoms with Crippen LogP contribution in [0.3, 0.4) is 0 Å². The van der Waals surface area contributed by atoms with Crippen molar-refractivity contribution >= 4 is 45.6 Å². The van der Waals surface area contributed by atoms with Gasteiger partial charge in [0.2, 0.25) is 0 Å². The highest BCUT2D eigenvalue weighted by Gasteiger charge is 2.40. The van der Waals surface area contributed by atoms with Gasteiger partial charge in [0.05, 0.1) is 29.4 Å². The van der Waals surface area contributed by atoms with Crippen molar-refractivity contribution in [1.82, 2.24) is 0 Å². The number of imide groups is 1. The number of rotatable bonds is 7. The zero-order valence-corrected chi connectivity index (χ0v) is 17.3. The van der Waals surface area contributed by atoms with E-state index in [0.29, 0.717) is 39.8 Å². The number of benzene rings is 3. The molecule has 6 heteroatoms. The summed E-state index contributed by atoms with van der Waals surface area (Å²) in [4.78, 5) is 28.4. The van der Waals surface area contributed by atoms with E-state index in [4.69, 9.17) is 4.74 Å². The van der Waals surface area contributed by atoms with Gasteiger partial charge in [0, 0.05) is 11.1 Å². The van der Waals surface area contributed by atoms with Crippen LogP contribution in [0.15, 0.2) is 71.6 Å². The highest BCUT2D eigenvalue weighted by molar-refractivity contribution is 8.04. The summed E-state index contributed by atoms with van der Waals surface area (Å²) in [5.41, 5.74) is 1.57. The summed E-state index contributed by atoms with van der Waals surface area (Å²) < 4.78 is 5.49. The summed E-state index contributed by atoms with van der Waals surface area (Å²) in [6.45, 7) is 2.37. The fourth-order valence-electron chi connectivity index (χ4n) is 3.55. The standard InChI is InChI=1S/C24H21NO4S/c1-2-29-18-12-10-17(11-13-18)21-22(30-15-14-26)24(28)25(23(21)27)20-9-5-7-16-6-3-4-8-19(16)20/h3-13,26H,2,14-15H2,1H3. The third-order valence-corrected chi connectivity index (χ3v) is 5.89. The molecule has 0 saturated heterocycles. The molecular formula is C24H21NO4S. The summed E-state index contributed by atoms with van der Waals surface area (Å²) in [6.07, 6.45) is 0. The van der Waals surface area contributed by atoms with E-state index >= 15 is 0 Å². The fraction of sp³-hybridized carbons (Fsp3) is 0.167. The monoisotopic (exact) mass is 419 g/mol. The summed E-state index contributed by atoms with van der Waals surface area (Å²) in [5, 5.41) is 11.1. The molecule has 1 heterocycles. The molecule has 0 unspecified atom stereocenters. The largest absolute Gasteiger partial charge is 0.494 e. The van der Waals surface area contributed by atoms with E-state index in [1.807, 2.05) is 43.3 Å². The number of fused-ring (bicyclic) bond motifs is 1. The van der Waals surface area contributed by atoms with Crippen LogP contribution >= 0.6 is 11.8 Å². The Labute approximate surface area is 179 Å². The van der Waals surface area contributed by atoms with Gasteiger partial charge in [0.1, 0.15) is 5.75 Å². The molecule has 30 heavy (non-hydrogen) atoms. The molecule has 3 aromatic rings. The molecule has 4 rings (SSSR count). The Morgan fingerprint density at radius 2 is 1.67 bits per heavy atom. The lowest BCUT2D eigenvalue weighted by Crippen LogP contribution is -2.31. The predicted molar refractivity (Wildman–Crippen MR) is 121 cm³/mol. The van der Waals surface area contributed by atoms with Crippen molar-refractivity contribution in [3.05, 3.63) is 77.2 Å². The van der Waals surface area contributed by atoms with Crippen LogP contribution in [-0.4, -0.2) is 35.9 Å². The van der Waals surface area contributed by atoms with Crippen LogP contribution in [0.1, 0.15) is 12.5 Å². The Morgan fingerprint density at radius 1 is 0.933 bits per heavy atom. The molecule has 5 nitrogen and oxygen atoms in total. The van der Waals surface area contributed by atoms with Gasteiger partial charge in [-0.05, 0) is 36.1 Å². The van der Waals surface area contributed by atoms with Gasteiger partial charge in [-0.3, -0.25) is 9.59 Å². The second-order valence-corrected chi connectivity index (χ2v) is 7.78. The van der Waals surface area contributed by atoms with Crippen molar-refractivity contribution in [3.63, 3.8) is 0 Å². The average molecular weight is 420 g/mol. The zero-order chi connectivity index (χ0) is 21.1. The number of carbonyl (C=O) groups excluding carboxylic acids is 2. The quantitative estimate of drug-likeness (QED) is 0.580. The molecule has 0 aromatic heterocycles. The number of nitrogens with zero attached hydrogens (tertiary/aromatic N) is 1. The number of aliphatic hydroxyl groups is 1. The Kier molecular flexibility index (Phi) is 5.88. The summed E-state index contributed by atoms with van der Waals surface area (Å²) in [7, 11) is 0. The Balaban J connectivity index is 1.80. The normalized spacial score (nSPS) is 14.1. The van der Waals surface area contributed by atoms with Crippen molar-refractivity contribution in [3.8, 4) is 5.75 Å². The third kappa shape index (κ3) is 3.60. The van der Waals surface area contributed by atoms with Gasteiger partial charge in [-0.25, -0.2) is 4.90 Å². The minimum Gasteiger partial charge on any atom is -0.494 e. The number of hydrogen-bond acceptors (Lipinski definition) is 5. The highest BCUT2D eigenvalue weighted by atomic mass is 32.2. The molecule has 3 aromatic carbocycles. The first-order valence-electron chi connectivity index (χ1n) is 9.73. The van der Waals surface area contributed by atoms with Crippen LogP contribution in [0.2, 0.25) is 0 Å². The van der Waals surface area contributed by atoms with Crippen molar-refractivity contribution in [2.75, 3.05) is 23.9 Å². The molecular weight excluding hydrogens is 398 g/mol. The minimum atomic E-state index is -0.362. The van der Waals surface area contributed by atoms with Crippen molar-refractivity contribution < 1.29 is 19.4 Å². The van der Waals surface area contributed by atoms with Gasteiger partial charge in [0.25, 0.3) is 11.8 Å². The van der Waals surface area contributed by atoms with Gasteiger partial charge < -0.3 is 9.84 Å². The number of thioether (sulfide) groups is 1. The molecule has 2 amide bonds. The molecule has 1 aliphatic rings. The zero-order valence-electron chi connectivity index (χ0n) is 16.5. The van der Waals surface area contributed by atoms with E-state index < -0.39 is 0 Å². The molecule has 0 aliphatic carbocycles. The number of amides is 2. The fourth-order valence-corrected chi connectivity index (χ4v) is 4.41. The van der Waals surface area contributed by atoms with Gasteiger partial charge in [-0.15, -0.1) is 11.8 Å². The number of carbonyl (C=O) groups is 2. The summed E-state index contributed by atoms with van der Waals surface area (Å²) in [6, 6.07) is 20.4. The lowest BCUT2D eigenvalue weighted by Gasteiger charge is -2.17. The first-order valence-corrected chi connectivity index (χ1v) is 10.7. The van der Waals surface area contributed by atoms with Crippen molar-refractivity contribution in [1.29, 1.82) is 0 Å². The van der Waals surface area contributed by atoms with Crippen LogP contribution in [0.25, 0.3) is 16.3 Å². The molecule has 1 N–H and O–H groups in total. The maximum Gasteiger partial charge on any atom is 0.272 e. The average Bonchev–Trinajstić information content (AvgIpc) is 3.02. The van der Waals surface area contributed by atoms with Gasteiger partial charge >= 0.3 is 0 Å². The lowest BCUT2D eigenvalue weighted by molar-refractivity contribution is -0.119. The molecule has 0 radical (unpaired) electrons.